The third-order valence-corrected chi connectivity index (χ3v) is 5.53. The van der Waals surface area contributed by atoms with E-state index in [4.69, 9.17) is 9.47 Å². The Kier molecular flexibility index (Phi) is 3.13. The van der Waals surface area contributed by atoms with Crippen LogP contribution >= 0.6 is 0 Å². The molecule has 0 saturated carbocycles. The van der Waals surface area contributed by atoms with E-state index in [0.717, 1.165) is 31.7 Å². The third kappa shape index (κ3) is 1.74. The Hall–Kier alpha value is -1.65. The number of ketones is 1. The van der Waals surface area contributed by atoms with Crippen LogP contribution in [0, 0.1) is 0 Å². The summed E-state index contributed by atoms with van der Waals surface area (Å²) in [4.78, 5) is 14.8. The fraction of sp³-hybridized carbons (Fsp3) is 0.500. The van der Waals surface area contributed by atoms with Crippen molar-refractivity contribution in [3.63, 3.8) is 0 Å². The minimum absolute atomic E-state index is 0.111. The first-order valence-electron chi connectivity index (χ1n) is 7.89. The standard InChI is InChI=1S/C18H21NO3/c1-21-14-4-3-12-5-7-19-8-6-13-9-16(20)17(22-2)11-18(13,19)15(12)10-14/h3-4,9-10,17H,5-8,11H2,1-2H3. The van der Waals surface area contributed by atoms with Crippen LogP contribution in [0.15, 0.2) is 29.8 Å². The molecule has 4 nitrogen and oxygen atoms in total. The second kappa shape index (κ2) is 4.93. The molecule has 22 heavy (non-hydrogen) atoms. The monoisotopic (exact) mass is 299 g/mol. The molecule has 2 atom stereocenters. The number of carbonyl (C=O) groups is 1. The van der Waals surface area contributed by atoms with Crippen molar-refractivity contribution in [1.82, 2.24) is 4.90 Å². The predicted octanol–water partition coefficient (Wildman–Crippen LogP) is 2.07. The van der Waals surface area contributed by atoms with E-state index in [1.54, 1.807) is 14.2 Å². The number of fused-ring (bicyclic) bond motifs is 1. The highest BCUT2D eigenvalue weighted by Gasteiger charge is 2.53. The Morgan fingerprint density at radius 2 is 2.05 bits per heavy atom. The fourth-order valence-corrected chi connectivity index (χ4v) is 4.44. The number of ether oxygens (including phenoxy) is 2. The molecule has 1 spiro atoms. The van der Waals surface area contributed by atoms with Crippen LogP contribution in [0.4, 0.5) is 0 Å². The van der Waals surface area contributed by atoms with Gasteiger partial charge in [-0.05, 0) is 47.8 Å². The normalized spacial score (nSPS) is 30.4. The van der Waals surface area contributed by atoms with E-state index in [0.29, 0.717) is 6.42 Å². The number of benzene rings is 1. The zero-order valence-corrected chi connectivity index (χ0v) is 13.1. The molecule has 0 amide bonds. The molecule has 3 aliphatic rings. The maximum Gasteiger partial charge on any atom is 0.184 e. The maximum absolute atomic E-state index is 12.2. The molecule has 0 aromatic heterocycles. The summed E-state index contributed by atoms with van der Waals surface area (Å²) in [6.45, 7) is 2.06. The largest absolute Gasteiger partial charge is 0.497 e. The number of rotatable bonds is 2. The molecular formula is C18H21NO3. The summed E-state index contributed by atoms with van der Waals surface area (Å²) >= 11 is 0. The highest BCUT2D eigenvalue weighted by atomic mass is 16.5. The second-order valence-electron chi connectivity index (χ2n) is 6.37. The molecule has 1 saturated heterocycles. The SMILES string of the molecule is COc1ccc2c(c1)C13CC(OC)C(=O)C=C1CCN3CC2. The topological polar surface area (TPSA) is 38.8 Å². The van der Waals surface area contributed by atoms with Gasteiger partial charge in [-0.1, -0.05) is 6.07 Å². The third-order valence-electron chi connectivity index (χ3n) is 5.53. The van der Waals surface area contributed by atoms with Gasteiger partial charge in [-0.2, -0.15) is 0 Å². The Bertz CT molecular complexity index is 666. The Balaban J connectivity index is 1.92. The van der Waals surface area contributed by atoms with Crippen LogP contribution in [-0.4, -0.2) is 44.1 Å². The molecule has 1 aromatic carbocycles. The lowest BCUT2D eigenvalue weighted by atomic mass is 9.70. The summed E-state index contributed by atoms with van der Waals surface area (Å²) in [6.07, 6.45) is 4.24. The molecule has 1 aliphatic carbocycles. The average molecular weight is 299 g/mol. The second-order valence-corrected chi connectivity index (χ2v) is 6.37. The molecule has 4 rings (SSSR count). The number of methoxy groups -OCH3 is 2. The average Bonchev–Trinajstić information content (AvgIpc) is 2.92. The van der Waals surface area contributed by atoms with E-state index >= 15 is 0 Å². The summed E-state index contributed by atoms with van der Waals surface area (Å²) in [5, 5.41) is 0. The van der Waals surface area contributed by atoms with Gasteiger partial charge in [0.1, 0.15) is 11.9 Å². The summed E-state index contributed by atoms with van der Waals surface area (Å²) in [5.41, 5.74) is 3.75. The van der Waals surface area contributed by atoms with E-state index in [-0.39, 0.29) is 17.4 Å². The van der Waals surface area contributed by atoms with Gasteiger partial charge in [-0.15, -0.1) is 0 Å². The van der Waals surface area contributed by atoms with Crippen molar-refractivity contribution in [2.75, 3.05) is 27.3 Å². The highest BCUT2D eigenvalue weighted by molar-refractivity contribution is 5.96. The van der Waals surface area contributed by atoms with Crippen molar-refractivity contribution in [1.29, 1.82) is 0 Å². The summed E-state index contributed by atoms with van der Waals surface area (Å²) in [7, 11) is 3.33. The zero-order valence-electron chi connectivity index (χ0n) is 13.1. The molecule has 1 aromatic rings. The lowest BCUT2D eigenvalue weighted by molar-refractivity contribution is -0.127. The smallest absolute Gasteiger partial charge is 0.184 e. The van der Waals surface area contributed by atoms with Crippen molar-refractivity contribution in [3.8, 4) is 5.75 Å². The molecular weight excluding hydrogens is 278 g/mol. The molecule has 4 heteroatoms. The van der Waals surface area contributed by atoms with Crippen molar-refractivity contribution in [2.24, 2.45) is 0 Å². The van der Waals surface area contributed by atoms with Crippen LogP contribution in [0.5, 0.6) is 5.75 Å². The van der Waals surface area contributed by atoms with E-state index in [2.05, 4.69) is 17.0 Å². The highest BCUT2D eigenvalue weighted by Crippen LogP contribution is 2.52. The van der Waals surface area contributed by atoms with E-state index < -0.39 is 0 Å². The Morgan fingerprint density at radius 1 is 1.23 bits per heavy atom. The molecule has 2 aliphatic heterocycles. The lowest BCUT2D eigenvalue weighted by Gasteiger charge is -2.47. The number of nitrogens with zero attached hydrogens (tertiary/aromatic N) is 1. The first-order chi connectivity index (χ1) is 10.7. The van der Waals surface area contributed by atoms with Crippen molar-refractivity contribution in [3.05, 3.63) is 41.0 Å². The van der Waals surface area contributed by atoms with Gasteiger partial charge in [0.25, 0.3) is 0 Å². The van der Waals surface area contributed by atoms with Crippen LogP contribution in [-0.2, 0) is 21.5 Å². The summed E-state index contributed by atoms with van der Waals surface area (Å²) in [6, 6.07) is 6.36. The molecule has 0 radical (unpaired) electrons. The number of carbonyl (C=O) groups excluding carboxylic acids is 1. The van der Waals surface area contributed by atoms with Crippen molar-refractivity contribution in [2.45, 2.75) is 30.9 Å². The van der Waals surface area contributed by atoms with Crippen LogP contribution in [0.25, 0.3) is 0 Å². The van der Waals surface area contributed by atoms with Gasteiger partial charge in [-0.25, -0.2) is 0 Å². The minimum Gasteiger partial charge on any atom is -0.497 e. The van der Waals surface area contributed by atoms with Crippen LogP contribution < -0.4 is 4.74 Å². The summed E-state index contributed by atoms with van der Waals surface area (Å²) in [5.74, 6) is 0.993. The van der Waals surface area contributed by atoms with Crippen molar-refractivity contribution < 1.29 is 14.3 Å². The molecule has 2 heterocycles. The van der Waals surface area contributed by atoms with E-state index in [1.807, 2.05) is 12.1 Å². The van der Waals surface area contributed by atoms with E-state index in [9.17, 15) is 4.79 Å². The van der Waals surface area contributed by atoms with Gasteiger partial charge in [0.2, 0.25) is 0 Å². The number of hydrogen-bond acceptors (Lipinski definition) is 4. The zero-order chi connectivity index (χ0) is 15.3. The predicted molar refractivity (Wildman–Crippen MR) is 83.1 cm³/mol. The van der Waals surface area contributed by atoms with Gasteiger partial charge in [0.15, 0.2) is 5.78 Å². The minimum atomic E-state index is -0.346. The summed E-state index contributed by atoms with van der Waals surface area (Å²) < 4.78 is 10.9. The van der Waals surface area contributed by atoms with E-state index in [1.165, 1.54) is 16.7 Å². The molecule has 0 bridgehead atoms. The molecule has 116 valence electrons. The maximum atomic E-state index is 12.2. The van der Waals surface area contributed by atoms with Crippen LogP contribution in [0.1, 0.15) is 24.0 Å². The first kappa shape index (κ1) is 14.0. The van der Waals surface area contributed by atoms with Gasteiger partial charge >= 0.3 is 0 Å². The Labute approximate surface area is 130 Å². The fourth-order valence-electron chi connectivity index (χ4n) is 4.44. The Morgan fingerprint density at radius 3 is 2.82 bits per heavy atom. The number of hydrogen-bond donors (Lipinski definition) is 0. The van der Waals surface area contributed by atoms with Gasteiger partial charge in [0.05, 0.1) is 12.6 Å². The quantitative estimate of drug-likeness (QED) is 0.838. The van der Waals surface area contributed by atoms with Gasteiger partial charge < -0.3 is 9.47 Å². The van der Waals surface area contributed by atoms with Crippen LogP contribution in [0.2, 0.25) is 0 Å². The van der Waals surface area contributed by atoms with Gasteiger partial charge in [0, 0.05) is 26.6 Å². The molecule has 2 unspecified atom stereocenters. The first-order valence-corrected chi connectivity index (χ1v) is 7.89. The van der Waals surface area contributed by atoms with Gasteiger partial charge in [-0.3, -0.25) is 9.69 Å². The lowest BCUT2D eigenvalue weighted by Crippen LogP contribution is -2.52. The van der Waals surface area contributed by atoms with Crippen molar-refractivity contribution >= 4 is 5.78 Å². The molecule has 0 N–H and O–H groups in total. The van der Waals surface area contributed by atoms with Crippen LogP contribution in [0.3, 0.4) is 0 Å². The molecule has 1 fully saturated rings.